The van der Waals surface area contributed by atoms with Gasteiger partial charge in [-0.1, -0.05) is 6.92 Å². The molecular weight excluding hydrogens is 270 g/mol. The van der Waals surface area contributed by atoms with Gasteiger partial charge in [0.15, 0.2) is 0 Å². The number of pyridine rings is 1. The highest BCUT2D eigenvalue weighted by atomic mass is 16.5. The van der Waals surface area contributed by atoms with Crippen molar-refractivity contribution >= 4 is 11.8 Å². The highest BCUT2D eigenvalue weighted by Gasteiger charge is 2.36. The quantitative estimate of drug-likeness (QED) is 0.814. The van der Waals surface area contributed by atoms with Gasteiger partial charge in [0.25, 0.3) is 0 Å². The Hall–Kier alpha value is -2.11. The van der Waals surface area contributed by atoms with Crippen molar-refractivity contribution in [3.63, 3.8) is 0 Å². The fourth-order valence-electron chi connectivity index (χ4n) is 2.47. The molecule has 0 unspecified atom stereocenters. The van der Waals surface area contributed by atoms with Gasteiger partial charge in [-0.05, 0) is 19.4 Å². The van der Waals surface area contributed by atoms with Crippen LogP contribution in [0.1, 0.15) is 26.0 Å². The van der Waals surface area contributed by atoms with Crippen LogP contribution in [0, 0.1) is 0 Å². The number of methoxy groups -OCH3 is 1. The van der Waals surface area contributed by atoms with Gasteiger partial charge in [-0.2, -0.15) is 0 Å². The van der Waals surface area contributed by atoms with Crippen LogP contribution < -0.4 is 4.74 Å². The number of carbonyl (C=O) groups is 2. The van der Waals surface area contributed by atoms with Crippen molar-refractivity contribution in [3.8, 4) is 5.75 Å². The smallest absolute Gasteiger partial charge is 0.245 e. The lowest BCUT2D eigenvalue weighted by Crippen LogP contribution is -2.58. The molecule has 0 bridgehead atoms. The Morgan fingerprint density at radius 2 is 2.19 bits per heavy atom. The Bertz CT molecular complexity index is 533. The fourth-order valence-corrected chi connectivity index (χ4v) is 2.47. The van der Waals surface area contributed by atoms with Crippen LogP contribution in [0.15, 0.2) is 18.3 Å². The van der Waals surface area contributed by atoms with Crippen LogP contribution in [0.4, 0.5) is 0 Å². The topological polar surface area (TPSA) is 62.7 Å². The molecule has 2 amide bonds. The summed E-state index contributed by atoms with van der Waals surface area (Å²) < 4.78 is 5.15. The van der Waals surface area contributed by atoms with Crippen LogP contribution in [0.25, 0.3) is 0 Å². The summed E-state index contributed by atoms with van der Waals surface area (Å²) in [6.45, 7) is 4.86. The number of carbonyl (C=O) groups excluding carboxylic acids is 2. The van der Waals surface area contributed by atoms with Crippen molar-refractivity contribution < 1.29 is 14.3 Å². The minimum Gasteiger partial charge on any atom is -0.497 e. The predicted molar refractivity (Wildman–Crippen MR) is 77.7 cm³/mol. The van der Waals surface area contributed by atoms with Gasteiger partial charge in [-0.3, -0.25) is 14.6 Å². The summed E-state index contributed by atoms with van der Waals surface area (Å²) in [4.78, 5) is 32.0. The Morgan fingerprint density at radius 1 is 1.43 bits per heavy atom. The summed E-state index contributed by atoms with van der Waals surface area (Å²) in [6, 6.07) is 3.08. The molecule has 0 N–H and O–H groups in total. The van der Waals surface area contributed by atoms with Crippen LogP contribution >= 0.6 is 0 Å². The van der Waals surface area contributed by atoms with Gasteiger partial charge in [0.2, 0.25) is 11.8 Å². The van der Waals surface area contributed by atoms with Gasteiger partial charge in [0.05, 0.1) is 25.9 Å². The lowest BCUT2D eigenvalue weighted by molar-refractivity contribution is -0.155. The van der Waals surface area contributed by atoms with Gasteiger partial charge in [0, 0.05) is 18.8 Å². The van der Waals surface area contributed by atoms with Crippen molar-refractivity contribution in [2.24, 2.45) is 0 Å². The molecule has 1 aromatic heterocycles. The molecule has 0 aromatic carbocycles. The van der Waals surface area contributed by atoms with E-state index < -0.39 is 6.04 Å². The molecule has 0 spiro atoms. The maximum atomic E-state index is 12.3. The van der Waals surface area contributed by atoms with E-state index in [0.717, 1.165) is 6.42 Å². The minimum absolute atomic E-state index is 0.000605. The average Bonchev–Trinajstić information content (AvgIpc) is 2.49. The molecular formula is C15H21N3O3. The molecule has 1 saturated heterocycles. The number of hydrogen-bond donors (Lipinski definition) is 0. The lowest BCUT2D eigenvalue weighted by atomic mass is 10.1. The van der Waals surface area contributed by atoms with Crippen molar-refractivity contribution in [3.05, 3.63) is 24.0 Å². The first-order chi connectivity index (χ1) is 10.1. The van der Waals surface area contributed by atoms with E-state index in [2.05, 4.69) is 4.98 Å². The highest BCUT2D eigenvalue weighted by molar-refractivity contribution is 5.94. The molecule has 6 nitrogen and oxygen atoms in total. The monoisotopic (exact) mass is 291 g/mol. The first-order valence-electron chi connectivity index (χ1n) is 7.14. The number of hydrogen-bond acceptors (Lipinski definition) is 4. The predicted octanol–water partition coefficient (Wildman–Crippen LogP) is 1.06. The second kappa shape index (κ2) is 6.56. The van der Waals surface area contributed by atoms with E-state index in [9.17, 15) is 9.59 Å². The molecule has 21 heavy (non-hydrogen) atoms. The van der Waals surface area contributed by atoms with Crippen molar-refractivity contribution in [1.82, 2.24) is 14.8 Å². The molecule has 6 heteroatoms. The zero-order chi connectivity index (χ0) is 15.4. The van der Waals surface area contributed by atoms with Crippen molar-refractivity contribution in [1.29, 1.82) is 0 Å². The molecule has 1 aromatic rings. The van der Waals surface area contributed by atoms with E-state index in [1.165, 1.54) is 0 Å². The van der Waals surface area contributed by atoms with Crippen molar-refractivity contribution in [2.75, 3.05) is 20.2 Å². The Balaban J connectivity index is 2.12. The second-order valence-electron chi connectivity index (χ2n) is 5.14. The van der Waals surface area contributed by atoms with Crippen LogP contribution in [0.2, 0.25) is 0 Å². The highest BCUT2D eigenvalue weighted by Crippen LogP contribution is 2.18. The molecule has 1 aliphatic rings. The van der Waals surface area contributed by atoms with Crippen LogP contribution in [0.5, 0.6) is 5.75 Å². The SMILES string of the molecule is CCCN1CC(=O)N(Cc2cc(OC)ccn2)[C@@H](C)C1=O. The Morgan fingerprint density at radius 3 is 2.86 bits per heavy atom. The van der Waals surface area contributed by atoms with E-state index in [1.807, 2.05) is 6.92 Å². The molecule has 0 aliphatic carbocycles. The summed E-state index contributed by atoms with van der Waals surface area (Å²) >= 11 is 0. The fraction of sp³-hybridized carbons (Fsp3) is 0.533. The summed E-state index contributed by atoms with van der Waals surface area (Å²) in [5.41, 5.74) is 0.714. The first kappa shape index (κ1) is 15.3. The van der Waals surface area contributed by atoms with Crippen LogP contribution in [-0.4, -0.2) is 52.8 Å². The normalized spacial score (nSPS) is 19.1. The van der Waals surface area contributed by atoms with Crippen LogP contribution in [-0.2, 0) is 16.1 Å². The number of ether oxygens (including phenoxy) is 1. The third kappa shape index (κ3) is 3.32. The minimum atomic E-state index is -0.453. The third-order valence-electron chi connectivity index (χ3n) is 3.63. The van der Waals surface area contributed by atoms with Gasteiger partial charge in [-0.15, -0.1) is 0 Å². The largest absolute Gasteiger partial charge is 0.497 e. The molecule has 2 rings (SSSR count). The third-order valence-corrected chi connectivity index (χ3v) is 3.63. The number of piperazine rings is 1. The summed E-state index contributed by atoms with van der Waals surface area (Å²) in [6.07, 6.45) is 2.49. The van der Waals surface area contributed by atoms with Gasteiger partial charge in [0.1, 0.15) is 11.8 Å². The standard InChI is InChI=1S/C15H21N3O3/c1-4-7-17-10-14(19)18(11(2)15(17)20)9-12-8-13(21-3)5-6-16-12/h5-6,8,11H,4,7,9-10H2,1-3H3/t11-/m0/s1. The second-order valence-corrected chi connectivity index (χ2v) is 5.14. The zero-order valence-corrected chi connectivity index (χ0v) is 12.7. The zero-order valence-electron chi connectivity index (χ0n) is 12.7. The number of aromatic nitrogens is 1. The molecule has 1 fully saturated rings. The van der Waals surface area contributed by atoms with E-state index in [0.29, 0.717) is 24.5 Å². The molecule has 0 saturated carbocycles. The first-order valence-corrected chi connectivity index (χ1v) is 7.14. The maximum Gasteiger partial charge on any atom is 0.245 e. The molecule has 0 radical (unpaired) electrons. The number of nitrogens with zero attached hydrogens (tertiary/aromatic N) is 3. The summed E-state index contributed by atoms with van der Waals surface area (Å²) in [5, 5.41) is 0. The Labute approximate surface area is 124 Å². The van der Waals surface area contributed by atoms with E-state index >= 15 is 0 Å². The summed E-state index contributed by atoms with van der Waals surface area (Å²) in [5.74, 6) is 0.649. The van der Waals surface area contributed by atoms with E-state index in [1.54, 1.807) is 42.2 Å². The molecule has 1 aliphatic heterocycles. The average molecular weight is 291 g/mol. The molecule has 1 atom stereocenters. The van der Waals surface area contributed by atoms with E-state index in [-0.39, 0.29) is 18.4 Å². The lowest BCUT2D eigenvalue weighted by Gasteiger charge is -2.38. The van der Waals surface area contributed by atoms with Gasteiger partial charge in [-0.25, -0.2) is 0 Å². The van der Waals surface area contributed by atoms with E-state index in [4.69, 9.17) is 4.74 Å². The molecule has 114 valence electrons. The summed E-state index contributed by atoms with van der Waals surface area (Å²) in [7, 11) is 1.58. The van der Waals surface area contributed by atoms with Gasteiger partial charge < -0.3 is 14.5 Å². The van der Waals surface area contributed by atoms with Crippen molar-refractivity contribution in [2.45, 2.75) is 32.9 Å². The molecule has 2 heterocycles. The number of rotatable bonds is 5. The van der Waals surface area contributed by atoms with Gasteiger partial charge >= 0.3 is 0 Å². The maximum absolute atomic E-state index is 12.3. The van der Waals surface area contributed by atoms with Crippen LogP contribution in [0.3, 0.4) is 0 Å². The Kier molecular flexibility index (Phi) is 4.77. The number of amides is 2.